The molecule has 1 atom stereocenters. The van der Waals surface area contributed by atoms with E-state index in [9.17, 15) is 16.8 Å². The van der Waals surface area contributed by atoms with Gasteiger partial charge in [-0.1, -0.05) is 24.3 Å². The van der Waals surface area contributed by atoms with Crippen molar-refractivity contribution in [3.05, 3.63) is 35.4 Å². The van der Waals surface area contributed by atoms with Crippen molar-refractivity contribution in [1.82, 2.24) is 9.03 Å². The largest absolute Gasteiger partial charge is 0.216 e. The molecule has 1 aliphatic heterocycles. The van der Waals surface area contributed by atoms with Gasteiger partial charge in [-0.15, -0.1) is 0 Å². The smallest absolute Gasteiger partial charge is 0.213 e. The maximum Gasteiger partial charge on any atom is 0.216 e. The Labute approximate surface area is 132 Å². The van der Waals surface area contributed by atoms with Crippen LogP contribution < -0.4 is 4.72 Å². The lowest BCUT2D eigenvalue weighted by Crippen LogP contribution is -2.49. The molecular weight excluding hydrogens is 324 g/mol. The average molecular weight is 346 g/mol. The molecule has 6 nitrogen and oxygen atoms in total. The topological polar surface area (TPSA) is 83.6 Å². The molecule has 1 aliphatic rings. The van der Waals surface area contributed by atoms with Gasteiger partial charge in [0.05, 0.1) is 12.0 Å². The zero-order valence-corrected chi connectivity index (χ0v) is 14.5. The summed E-state index contributed by atoms with van der Waals surface area (Å²) in [5.41, 5.74) is 1.68. The first kappa shape index (κ1) is 17.4. The molecule has 0 bridgehead atoms. The Hall–Kier alpha value is -0.960. The zero-order valence-electron chi connectivity index (χ0n) is 12.8. The molecule has 8 heteroatoms. The molecule has 22 heavy (non-hydrogen) atoms. The van der Waals surface area contributed by atoms with Gasteiger partial charge in [0.1, 0.15) is 0 Å². The number of piperidine rings is 1. The molecule has 0 aliphatic carbocycles. The van der Waals surface area contributed by atoms with Gasteiger partial charge in [0, 0.05) is 19.1 Å². The molecule has 0 amide bonds. The number of benzene rings is 1. The van der Waals surface area contributed by atoms with E-state index in [1.807, 2.05) is 25.1 Å². The molecule has 0 radical (unpaired) electrons. The summed E-state index contributed by atoms with van der Waals surface area (Å²) in [6.07, 6.45) is 2.46. The van der Waals surface area contributed by atoms with E-state index in [-0.39, 0.29) is 18.3 Å². The second kappa shape index (κ2) is 6.66. The summed E-state index contributed by atoms with van der Waals surface area (Å²) in [7, 11) is -6.78. The van der Waals surface area contributed by atoms with Gasteiger partial charge in [0.15, 0.2) is 0 Å². The molecule has 1 saturated heterocycles. The second-order valence-electron chi connectivity index (χ2n) is 5.76. The summed E-state index contributed by atoms with van der Waals surface area (Å²) in [4.78, 5) is 0. The Morgan fingerprint density at radius 2 is 1.91 bits per heavy atom. The first-order valence-corrected chi connectivity index (χ1v) is 10.7. The van der Waals surface area contributed by atoms with Crippen LogP contribution in [0.15, 0.2) is 24.3 Å². The van der Waals surface area contributed by atoms with Crippen molar-refractivity contribution in [2.24, 2.45) is 0 Å². The van der Waals surface area contributed by atoms with E-state index in [1.54, 1.807) is 6.07 Å². The number of rotatable bonds is 5. The van der Waals surface area contributed by atoms with Crippen LogP contribution in [-0.4, -0.2) is 46.5 Å². The number of sulfonamides is 2. The molecule has 0 spiro atoms. The van der Waals surface area contributed by atoms with E-state index < -0.39 is 20.0 Å². The van der Waals surface area contributed by atoms with E-state index in [0.717, 1.165) is 17.4 Å². The molecule has 0 saturated carbocycles. The quantitative estimate of drug-likeness (QED) is 0.856. The minimum Gasteiger partial charge on any atom is -0.213 e. The predicted molar refractivity (Wildman–Crippen MR) is 86.4 cm³/mol. The first-order valence-electron chi connectivity index (χ1n) is 7.17. The Morgan fingerprint density at radius 3 is 2.55 bits per heavy atom. The number of nitrogens with zero attached hydrogens (tertiary/aromatic N) is 1. The number of hydrogen-bond donors (Lipinski definition) is 1. The first-order chi connectivity index (χ1) is 10.2. The maximum atomic E-state index is 12.3. The van der Waals surface area contributed by atoms with Crippen LogP contribution in [0.3, 0.4) is 0 Å². The molecule has 1 aromatic carbocycles. The lowest BCUT2D eigenvalue weighted by atomic mass is 10.1. The lowest BCUT2D eigenvalue weighted by molar-refractivity contribution is 0.305. The van der Waals surface area contributed by atoms with Crippen LogP contribution in [0.5, 0.6) is 0 Å². The number of nitrogens with one attached hydrogen (secondary N) is 1. The van der Waals surface area contributed by atoms with E-state index in [1.165, 1.54) is 4.31 Å². The minimum atomic E-state index is -3.50. The fourth-order valence-electron chi connectivity index (χ4n) is 2.61. The SMILES string of the molecule is Cc1ccccc1CS(=O)(=O)NC1CCCN(S(C)(=O)=O)C1. The van der Waals surface area contributed by atoms with E-state index >= 15 is 0 Å². The van der Waals surface area contributed by atoms with Crippen LogP contribution in [0.1, 0.15) is 24.0 Å². The van der Waals surface area contributed by atoms with Crippen LogP contribution >= 0.6 is 0 Å². The molecule has 1 aromatic rings. The Balaban J connectivity index is 2.04. The number of aryl methyl sites for hydroxylation is 1. The van der Waals surface area contributed by atoms with E-state index in [0.29, 0.717) is 19.4 Å². The van der Waals surface area contributed by atoms with E-state index in [4.69, 9.17) is 0 Å². The van der Waals surface area contributed by atoms with Gasteiger partial charge in [0.25, 0.3) is 0 Å². The Morgan fingerprint density at radius 1 is 1.23 bits per heavy atom. The van der Waals surface area contributed by atoms with Crippen molar-refractivity contribution in [3.63, 3.8) is 0 Å². The van der Waals surface area contributed by atoms with Crippen molar-refractivity contribution in [1.29, 1.82) is 0 Å². The van der Waals surface area contributed by atoms with Crippen LogP contribution in [-0.2, 0) is 25.8 Å². The third-order valence-corrected chi connectivity index (χ3v) is 6.46. The third-order valence-electron chi connectivity index (χ3n) is 3.81. The number of hydrogen-bond acceptors (Lipinski definition) is 4. The van der Waals surface area contributed by atoms with Crippen molar-refractivity contribution in [2.75, 3.05) is 19.3 Å². The molecule has 1 heterocycles. The average Bonchev–Trinajstić information content (AvgIpc) is 2.40. The maximum absolute atomic E-state index is 12.3. The fraction of sp³-hybridized carbons (Fsp3) is 0.571. The lowest BCUT2D eigenvalue weighted by Gasteiger charge is -2.31. The fourth-order valence-corrected chi connectivity index (χ4v) is 5.04. The molecule has 124 valence electrons. The van der Waals surface area contributed by atoms with Crippen LogP contribution in [0.25, 0.3) is 0 Å². The molecule has 0 aromatic heterocycles. The Kier molecular flexibility index (Phi) is 5.26. The van der Waals surface area contributed by atoms with Crippen molar-refractivity contribution >= 4 is 20.0 Å². The van der Waals surface area contributed by atoms with Gasteiger partial charge in [-0.05, 0) is 30.9 Å². The molecule has 1 N–H and O–H groups in total. The summed E-state index contributed by atoms with van der Waals surface area (Å²) in [6, 6.07) is 6.97. The highest BCUT2D eigenvalue weighted by molar-refractivity contribution is 7.88. The normalized spacial score (nSPS) is 20.9. The molecule has 1 fully saturated rings. The minimum absolute atomic E-state index is 0.0882. The standard InChI is InChI=1S/C14H22N2O4S2/c1-12-6-3-4-7-13(12)11-22(19,20)15-14-8-5-9-16(10-14)21(2,17)18/h3-4,6-7,14-15H,5,8-11H2,1-2H3. The van der Waals surface area contributed by atoms with Gasteiger partial charge in [-0.2, -0.15) is 0 Å². The van der Waals surface area contributed by atoms with Gasteiger partial charge < -0.3 is 0 Å². The van der Waals surface area contributed by atoms with Gasteiger partial charge in [0.2, 0.25) is 20.0 Å². The zero-order chi connectivity index (χ0) is 16.4. The summed E-state index contributed by atoms with van der Waals surface area (Å²) < 4.78 is 51.7. The Bertz CT molecular complexity index is 729. The van der Waals surface area contributed by atoms with Gasteiger partial charge in [-0.3, -0.25) is 0 Å². The van der Waals surface area contributed by atoms with Crippen LogP contribution in [0.4, 0.5) is 0 Å². The van der Waals surface area contributed by atoms with Crippen LogP contribution in [0, 0.1) is 6.92 Å². The highest BCUT2D eigenvalue weighted by Gasteiger charge is 2.28. The monoisotopic (exact) mass is 346 g/mol. The molecular formula is C14H22N2O4S2. The molecule has 2 rings (SSSR count). The highest BCUT2D eigenvalue weighted by Crippen LogP contribution is 2.16. The summed E-state index contributed by atoms with van der Waals surface area (Å²) in [5, 5.41) is 0. The summed E-state index contributed by atoms with van der Waals surface area (Å²) >= 11 is 0. The summed E-state index contributed by atoms with van der Waals surface area (Å²) in [6.45, 7) is 2.53. The predicted octanol–water partition coefficient (Wildman–Crippen LogP) is 0.838. The van der Waals surface area contributed by atoms with Crippen LogP contribution in [0.2, 0.25) is 0 Å². The van der Waals surface area contributed by atoms with Crippen molar-refractivity contribution in [3.8, 4) is 0 Å². The van der Waals surface area contributed by atoms with Crippen molar-refractivity contribution in [2.45, 2.75) is 31.6 Å². The molecule has 1 unspecified atom stereocenters. The third kappa shape index (κ3) is 4.77. The highest BCUT2D eigenvalue weighted by atomic mass is 32.2. The second-order valence-corrected chi connectivity index (χ2v) is 9.50. The van der Waals surface area contributed by atoms with E-state index in [2.05, 4.69) is 4.72 Å². The summed E-state index contributed by atoms with van der Waals surface area (Å²) in [5.74, 6) is -0.0882. The van der Waals surface area contributed by atoms with Gasteiger partial charge >= 0.3 is 0 Å². The van der Waals surface area contributed by atoms with Crippen molar-refractivity contribution < 1.29 is 16.8 Å². The van der Waals surface area contributed by atoms with Gasteiger partial charge in [-0.25, -0.2) is 25.9 Å².